The largest absolute Gasteiger partial charge is 0.507 e. The first-order valence-electron chi connectivity index (χ1n) is 15.2. The molecule has 0 saturated heterocycles. The highest BCUT2D eigenvalue weighted by atomic mass is 16.3. The molecular weight excluding hydrogens is 524 g/mol. The number of phenols is 2. The molecule has 224 valence electrons. The number of hydrogen-bond donors (Lipinski definition) is 2. The minimum atomic E-state index is -0.189. The molecule has 0 amide bonds. The highest BCUT2D eigenvalue weighted by Gasteiger charge is 2.11. The van der Waals surface area contributed by atoms with E-state index < -0.39 is 0 Å². The zero-order valence-electron chi connectivity index (χ0n) is 25.7. The molecule has 2 rings (SSSR count). The summed E-state index contributed by atoms with van der Waals surface area (Å²) in [4.78, 5) is 12.9. The second-order valence-electron chi connectivity index (χ2n) is 10.3. The fourth-order valence-electron chi connectivity index (χ4n) is 4.37. The molecule has 0 aliphatic heterocycles. The number of nitriles is 2. The lowest BCUT2D eigenvalue weighted by Crippen LogP contribution is -2.25. The standard InChI is InChI=1S/C34H46N6O2/c1-5-9-17-39(18-10-6-2)29-15-13-27(33(41)21-29)25-37-31(23-35)32(24-36)38-26-28-14-16-30(22-34(28)42)40(19-11-7-3)20-12-8-4/h13-16,21-22,25-26,41-42H,5-12,17-20H2,1-4H3/b32-31-,37-25?,38-26?. The van der Waals surface area contributed by atoms with Crippen LogP contribution in [0.1, 0.15) is 90.2 Å². The molecule has 0 atom stereocenters. The molecule has 8 heteroatoms. The Balaban J connectivity index is 2.26. The molecular formula is C34H46N6O2. The lowest BCUT2D eigenvalue weighted by Gasteiger charge is -2.25. The van der Waals surface area contributed by atoms with Crippen LogP contribution < -0.4 is 9.80 Å². The van der Waals surface area contributed by atoms with E-state index in [1.807, 2.05) is 24.3 Å². The van der Waals surface area contributed by atoms with Gasteiger partial charge < -0.3 is 20.0 Å². The lowest BCUT2D eigenvalue weighted by molar-refractivity contribution is 0.473. The van der Waals surface area contributed by atoms with Crippen molar-refractivity contribution in [3.05, 3.63) is 58.9 Å². The lowest BCUT2D eigenvalue weighted by atomic mass is 10.1. The summed E-state index contributed by atoms with van der Waals surface area (Å²) in [6.45, 7) is 12.3. The van der Waals surface area contributed by atoms with Gasteiger partial charge in [-0.25, -0.2) is 9.98 Å². The number of unbranched alkanes of at least 4 members (excludes halogenated alkanes) is 4. The number of anilines is 2. The summed E-state index contributed by atoms with van der Waals surface area (Å²) in [5.74, 6) is 0.0935. The predicted molar refractivity (Wildman–Crippen MR) is 174 cm³/mol. The van der Waals surface area contributed by atoms with Gasteiger partial charge >= 0.3 is 0 Å². The highest BCUT2D eigenvalue weighted by molar-refractivity contribution is 5.87. The predicted octanol–water partition coefficient (Wildman–Crippen LogP) is 7.71. The van der Waals surface area contributed by atoms with Gasteiger partial charge in [0.25, 0.3) is 0 Å². The zero-order valence-corrected chi connectivity index (χ0v) is 25.7. The number of phenolic OH excluding ortho intramolecular Hbond substituents is 2. The van der Waals surface area contributed by atoms with E-state index >= 15 is 0 Å². The van der Waals surface area contributed by atoms with Gasteiger partial charge in [-0.2, -0.15) is 10.5 Å². The summed E-state index contributed by atoms with van der Waals surface area (Å²) >= 11 is 0. The van der Waals surface area contributed by atoms with E-state index in [0.29, 0.717) is 11.1 Å². The third-order valence-electron chi connectivity index (χ3n) is 6.99. The molecule has 8 nitrogen and oxygen atoms in total. The van der Waals surface area contributed by atoms with Gasteiger partial charge in [0.1, 0.15) is 23.6 Å². The Morgan fingerprint density at radius 3 is 1.24 bits per heavy atom. The van der Waals surface area contributed by atoms with E-state index in [2.05, 4.69) is 47.5 Å². The SMILES string of the molecule is CCCCN(CCCC)c1ccc(C=N/C(C#N)=C(/C#N)N=Cc2ccc(N(CCCC)CCCC)cc2O)c(O)c1. The van der Waals surface area contributed by atoms with Crippen LogP contribution in [0.4, 0.5) is 11.4 Å². The van der Waals surface area contributed by atoms with Gasteiger partial charge in [-0.1, -0.05) is 53.4 Å². The van der Waals surface area contributed by atoms with Gasteiger partial charge in [0.15, 0.2) is 11.4 Å². The van der Waals surface area contributed by atoms with Crippen LogP contribution in [-0.4, -0.2) is 48.8 Å². The van der Waals surface area contributed by atoms with Crippen LogP contribution in [0.5, 0.6) is 11.5 Å². The van der Waals surface area contributed by atoms with Crippen molar-refractivity contribution in [2.24, 2.45) is 9.98 Å². The van der Waals surface area contributed by atoms with Crippen molar-refractivity contribution in [1.82, 2.24) is 0 Å². The Labute approximate surface area is 252 Å². The summed E-state index contributed by atoms with van der Waals surface area (Å²) in [5, 5.41) is 40.7. The van der Waals surface area contributed by atoms with Crippen LogP contribution in [0.25, 0.3) is 0 Å². The van der Waals surface area contributed by atoms with Crippen molar-refractivity contribution in [2.75, 3.05) is 36.0 Å². The third kappa shape index (κ3) is 10.6. The third-order valence-corrected chi connectivity index (χ3v) is 6.99. The molecule has 0 heterocycles. The quantitative estimate of drug-likeness (QED) is 0.140. The maximum Gasteiger partial charge on any atom is 0.176 e. The molecule has 0 aliphatic carbocycles. The second kappa shape index (κ2) is 18.9. The van der Waals surface area contributed by atoms with Crippen molar-refractivity contribution in [1.29, 1.82) is 10.5 Å². The van der Waals surface area contributed by atoms with Crippen molar-refractivity contribution in [3.8, 4) is 23.6 Å². The summed E-state index contributed by atoms with van der Waals surface area (Å²) in [5.41, 5.74) is 2.37. The van der Waals surface area contributed by atoms with E-state index in [0.717, 1.165) is 88.9 Å². The van der Waals surface area contributed by atoms with Gasteiger partial charge in [-0.05, 0) is 49.9 Å². The van der Waals surface area contributed by atoms with Crippen molar-refractivity contribution < 1.29 is 10.2 Å². The van der Waals surface area contributed by atoms with Gasteiger partial charge in [-0.15, -0.1) is 0 Å². The topological polar surface area (TPSA) is 119 Å². The summed E-state index contributed by atoms with van der Waals surface area (Å²) < 4.78 is 0. The average Bonchev–Trinajstić information content (AvgIpc) is 3.00. The first kappa shape index (κ1) is 33.9. The molecule has 0 bridgehead atoms. The Morgan fingerprint density at radius 2 is 0.976 bits per heavy atom. The number of allylic oxidation sites excluding steroid dienone is 2. The molecule has 0 radical (unpaired) electrons. The van der Waals surface area contributed by atoms with E-state index in [-0.39, 0.29) is 22.9 Å². The normalized spacial score (nSPS) is 11.9. The Bertz CT molecular complexity index is 1190. The minimum Gasteiger partial charge on any atom is -0.507 e. The molecule has 0 fully saturated rings. The molecule has 2 N–H and O–H groups in total. The fraction of sp³-hybridized carbons (Fsp3) is 0.471. The van der Waals surface area contributed by atoms with Crippen LogP contribution in [0, 0.1) is 22.7 Å². The summed E-state index contributed by atoms with van der Waals surface area (Å²) in [6, 6.07) is 14.6. The Kier molecular flexibility index (Phi) is 15.3. The number of nitrogens with zero attached hydrogens (tertiary/aromatic N) is 6. The highest BCUT2D eigenvalue weighted by Crippen LogP contribution is 2.26. The maximum atomic E-state index is 10.7. The van der Waals surface area contributed by atoms with Crippen LogP contribution in [0.2, 0.25) is 0 Å². The summed E-state index contributed by atoms with van der Waals surface area (Å²) in [7, 11) is 0. The van der Waals surface area contributed by atoms with Crippen molar-refractivity contribution >= 4 is 23.8 Å². The van der Waals surface area contributed by atoms with Gasteiger partial charge in [-0.3, -0.25) is 0 Å². The number of rotatable bonds is 18. The number of aromatic hydroxyl groups is 2. The molecule has 0 aromatic heterocycles. The smallest absolute Gasteiger partial charge is 0.176 e. The van der Waals surface area contributed by atoms with Crippen LogP contribution >= 0.6 is 0 Å². The summed E-state index contributed by atoms with van der Waals surface area (Å²) in [6.07, 6.45) is 11.4. The second-order valence-corrected chi connectivity index (χ2v) is 10.3. The molecule has 0 unspecified atom stereocenters. The van der Waals surface area contributed by atoms with Crippen molar-refractivity contribution in [3.63, 3.8) is 0 Å². The Hall–Kier alpha value is -4.30. The fourth-order valence-corrected chi connectivity index (χ4v) is 4.37. The Morgan fingerprint density at radius 1 is 0.643 bits per heavy atom. The van der Waals surface area contributed by atoms with Crippen LogP contribution in [0.3, 0.4) is 0 Å². The molecule has 2 aromatic carbocycles. The zero-order chi connectivity index (χ0) is 30.7. The van der Waals surface area contributed by atoms with Crippen molar-refractivity contribution in [2.45, 2.75) is 79.1 Å². The molecule has 42 heavy (non-hydrogen) atoms. The maximum absolute atomic E-state index is 10.7. The van der Waals surface area contributed by atoms with E-state index in [1.165, 1.54) is 12.4 Å². The first-order chi connectivity index (χ1) is 20.4. The number of benzene rings is 2. The molecule has 2 aromatic rings. The van der Waals surface area contributed by atoms with Crippen LogP contribution in [0.15, 0.2) is 57.8 Å². The minimum absolute atomic E-state index is 0.0467. The van der Waals surface area contributed by atoms with Gasteiger partial charge in [0.2, 0.25) is 0 Å². The van der Waals surface area contributed by atoms with Gasteiger partial charge in [0, 0.05) is 73.2 Å². The van der Waals surface area contributed by atoms with Gasteiger partial charge in [0.05, 0.1) is 0 Å². The van der Waals surface area contributed by atoms with E-state index in [1.54, 1.807) is 24.3 Å². The molecule has 0 aliphatic rings. The number of aliphatic imine (C=N–C) groups is 2. The number of hydrogen-bond acceptors (Lipinski definition) is 8. The first-order valence-corrected chi connectivity index (χ1v) is 15.2. The van der Waals surface area contributed by atoms with E-state index in [9.17, 15) is 20.7 Å². The monoisotopic (exact) mass is 570 g/mol. The average molecular weight is 571 g/mol. The van der Waals surface area contributed by atoms with Crippen LogP contribution in [-0.2, 0) is 0 Å². The molecule has 0 saturated carbocycles. The van der Waals surface area contributed by atoms with E-state index in [4.69, 9.17) is 0 Å². The molecule has 0 spiro atoms.